The summed E-state index contributed by atoms with van der Waals surface area (Å²) in [5.74, 6) is 0.0792. The number of β-amino-alcohol motifs (C(OH)–C–C–N with tert-alkyl or cyclic N) is 1. The molecule has 0 aromatic rings. The van der Waals surface area contributed by atoms with E-state index in [9.17, 15) is 14.7 Å². The van der Waals surface area contributed by atoms with Crippen LogP contribution in [0.4, 0.5) is 0 Å². The average Bonchev–Trinajstić information content (AvgIpc) is 2.90. The van der Waals surface area contributed by atoms with Crippen molar-refractivity contribution >= 4 is 24.2 Å². The number of carbonyl (C=O) groups is 2. The fraction of sp³-hybridized carbons (Fsp3) is 0.867. The Hall–Kier alpha value is -0.850. The smallest absolute Gasteiger partial charge is 0.242 e. The first-order valence-corrected chi connectivity index (χ1v) is 8.09. The monoisotopic (exact) mass is 333 g/mol. The molecule has 3 N–H and O–H groups in total. The third kappa shape index (κ3) is 4.83. The van der Waals surface area contributed by atoms with Crippen LogP contribution in [-0.2, 0) is 9.59 Å². The third-order valence-corrected chi connectivity index (χ3v) is 4.43. The second-order valence-corrected chi connectivity index (χ2v) is 6.08. The van der Waals surface area contributed by atoms with Gasteiger partial charge in [0, 0.05) is 38.5 Å². The third-order valence-electron chi connectivity index (χ3n) is 4.43. The van der Waals surface area contributed by atoms with Gasteiger partial charge < -0.3 is 20.6 Å². The molecular formula is C15H28ClN3O3. The van der Waals surface area contributed by atoms with Gasteiger partial charge in [0.2, 0.25) is 11.8 Å². The van der Waals surface area contributed by atoms with Gasteiger partial charge in [-0.1, -0.05) is 6.92 Å². The van der Waals surface area contributed by atoms with E-state index >= 15 is 0 Å². The highest BCUT2D eigenvalue weighted by Gasteiger charge is 2.32. The van der Waals surface area contributed by atoms with Crippen molar-refractivity contribution in [2.24, 2.45) is 5.92 Å². The van der Waals surface area contributed by atoms with Crippen molar-refractivity contribution in [3.05, 3.63) is 0 Å². The van der Waals surface area contributed by atoms with E-state index in [4.69, 9.17) is 0 Å². The van der Waals surface area contributed by atoms with Crippen molar-refractivity contribution in [3.8, 4) is 0 Å². The number of piperidine rings is 1. The predicted octanol–water partition coefficient (Wildman–Crippen LogP) is 0.286. The normalized spacial score (nSPS) is 28.1. The molecule has 2 fully saturated rings. The highest BCUT2D eigenvalue weighted by Crippen LogP contribution is 2.19. The Labute approximate surface area is 138 Å². The lowest BCUT2D eigenvalue weighted by atomic mass is 10.00. The number of carbonyl (C=O) groups excluding carboxylic acids is 2. The molecule has 0 aromatic carbocycles. The molecule has 0 aromatic heterocycles. The molecule has 0 spiro atoms. The Balaban J connectivity index is 0.00000242. The van der Waals surface area contributed by atoms with Crippen LogP contribution in [0, 0.1) is 5.92 Å². The lowest BCUT2D eigenvalue weighted by Crippen LogP contribution is -2.52. The number of rotatable bonds is 5. The highest BCUT2D eigenvalue weighted by molar-refractivity contribution is 5.87. The van der Waals surface area contributed by atoms with Crippen LogP contribution < -0.4 is 10.6 Å². The van der Waals surface area contributed by atoms with Gasteiger partial charge in [-0.2, -0.15) is 0 Å². The molecule has 0 bridgehead atoms. The SMILES string of the molecule is CCCC(=O)N1CCCCC1C(=O)NCC1CNCC1O.Cl. The fourth-order valence-electron chi connectivity index (χ4n) is 3.14. The summed E-state index contributed by atoms with van der Waals surface area (Å²) in [6.45, 7) is 4.45. The van der Waals surface area contributed by atoms with Crippen LogP contribution >= 0.6 is 12.4 Å². The zero-order valence-corrected chi connectivity index (χ0v) is 14.0. The van der Waals surface area contributed by atoms with E-state index in [1.54, 1.807) is 4.90 Å². The molecule has 3 unspecified atom stereocenters. The van der Waals surface area contributed by atoms with Gasteiger partial charge in [0.05, 0.1) is 6.10 Å². The molecule has 2 amide bonds. The summed E-state index contributed by atoms with van der Waals surface area (Å²) in [4.78, 5) is 26.2. The maximum absolute atomic E-state index is 12.4. The number of likely N-dealkylation sites (tertiary alicyclic amines) is 1. The first-order valence-electron chi connectivity index (χ1n) is 8.09. The van der Waals surface area contributed by atoms with Gasteiger partial charge >= 0.3 is 0 Å². The second kappa shape index (κ2) is 9.33. The van der Waals surface area contributed by atoms with E-state index in [2.05, 4.69) is 10.6 Å². The van der Waals surface area contributed by atoms with Crippen molar-refractivity contribution in [3.63, 3.8) is 0 Å². The number of halogens is 1. The van der Waals surface area contributed by atoms with E-state index in [-0.39, 0.29) is 36.2 Å². The molecule has 2 heterocycles. The van der Waals surface area contributed by atoms with Gasteiger partial charge in [-0.15, -0.1) is 12.4 Å². The number of amides is 2. The largest absolute Gasteiger partial charge is 0.391 e. The van der Waals surface area contributed by atoms with E-state index in [1.807, 2.05) is 6.92 Å². The second-order valence-electron chi connectivity index (χ2n) is 6.08. The minimum atomic E-state index is -0.394. The standard InChI is InChI=1S/C15H27N3O3.ClH/c1-2-5-14(20)18-7-4-3-6-12(18)15(21)17-9-11-8-16-10-13(11)19;/h11-13,16,19H,2-10H2,1H3,(H,17,21);1H. The summed E-state index contributed by atoms with van der Waals surface area (Å²) in [6.07, 6.45) is 3.63. The van der Waals surface area contributed by atoms with Gasteiger partial charge in [-0.3, -0.25) is 9.59 Å². The Kier molecular flexibility index (Phi) is 8.14. The number of nitrogens with zero attached hydrogens (tertiary/aromatic N) is 1. The Morgan fingerprint density at radius 3 is 2.73 bits per heavy atom. The van der Waals surface area contributed by atoms with Gasteiger partial charge in [0.25, 0.3) is 0 Å². The summed E-state index contributed by atoms with van der Waals surface area (Å²) in [5, 5.41) is 15.8. The number of aliphatic hydroxyl groups excluding tert-OH is 1. The number of aliphatic hydroxyl groups is 1. The van der Waals surface area contributed by atoms with E-state index in [0.29, 0.717) is 26.1 Å². The topological polar surface area (TPSA) is 81.7 Å². The van der Waals surface area contributed by atoms with E-state index in [0.717, 1.165) is 32.2 Å². The maximum atomic E-state index is 12.4. The molecule has 2 saturated heterocycles. The summed E-state index contributed by atoms with van der Waals surface area (Å²) < 4.78 is 0. The summed E-state index contributed by atoms with van der Waals surface area (Å²) in [7, 11) is 0. The molecular weight excluding hydrogens is 306 g/mol. The van der Waals surface area contributed by atoms with Gasteiger partial charge in [0.1, 0.15) is 6.04 Å². The van der Waals surface area contributed by atoms with Crippen molar-refractivity contribution < 1.29 is 14.7 Å². The zero-order valence-electron chi connectivity index (χ0n) is 13.2. The zero-order chi connectivity index (χ0) is 15.2. The van der Waals surface area contributed by atoms with Gasteiger partial charge in [-0.25, -0.2) is 0 Å². The van der Waals surface area contributed by atoms with Gasteiger partial charge in [0.15, 0.2) is 0 Å². The van der Waals surface area contributed by atoms with Crippen LogP contribution in [0.25, 0.3) is 0 Å². The van der Waals surface area contributed by atoms with Crippen molar-refractivity contribution in [1.82, 2.24) is 15.5 Å². The van der Waals surface area contributed by atoms with Crippen LogP contribution in [0.2, 0.25) is 0 Å². The molecule has 0 saturated carbocycles. The quantitative estimate of drug-likeness (QED) is 0.675. The lowest BCUT2D eigenvalue weighted by molar-refractivity contribution is -0.142. The van der Waals surface area contributed by atoms with Crippen LogP contribution in [0.3, 0.4) is 0 Å². The molecule has 6 nitrogen and oxygen atoms in total. The highest BCUT2D eigenvalue weighted by atomic mass is 35.5. The number of nitrogens with one attached hydrogen (secondary N) is 2. The van der Waals surface area contributed by atoms with Crippen molar-refractivity contribution in [2.45, 2.75) is 51.2 Å². The Morgan fingerprint density at radius 1 is 1.32 bits per heavy atom. The lowest BCUT2D eigenvalue weighted by Gasteiger charge is -2.35. The van der Waals surface area contributed by atoms with Crippen molar-refractivity contribution in [2.75, 3.05) is 26.2 Å². The van der Waals surface area contributed by atoms with E-state index in [1.165, 1.54) is 0 Å². The van der Waals surface area contributed by atoms with Gasteiger partial charge in [-0.05, 0) is 25.7 Å². The summed E-state index contributed by atoms with van der Waals surface area (Å²) >= 11 is 0. The maximum Gasteiger partial charge on any atom is 0.242 e. The molecule has 0 aliphatic carbocycles. The number of hydrogen-bond donors (Lipinski definition) is 3. The number of hydrogen-bond acceptors (Lipinski definition) is 4. The van der Waals surface area contributed by atoms with Crippen LogP contribution in [0.1, 0.15) is 39.0 Å². The fourth-order valence-corrected chi connectivity index (χ4v) is 3.14. The summed E-state index contributed by atoms with van der Waals surface area (Å²) in [5.41, 5.74) is 0. The van der Waals surface area contributed by atoms with Crippen molar-refractivity contribution in [1.29, 1.82) is 0 Å². The molecule has 2 aliphatic heterocycles. The molecule has 3 atom stereocenters. The minimum absolute atomic E-state index is 0. The predicted molar refractivity (Wildman–Crippen MR) is 86.9 cm³/mol. The molecule has 2 aliphatic rings. The van der Waals surface area contributed by atoms with Crippen LogP contribution in [-0.4, -0.2) is 60.1 Å². The Morgan fingerprint density at radius 2 is 2.09 bits per heavy atom. The van der Waals surface area contributed by atoms with Crippen LogP contribution in [0.15, 0.2) is 0 Å². The molecule has 0 radical (unpaired) electrons. The first-order chi connectivity index (χ1) is 10.1. The molecule has 128 valence electrons. The minimum Gasteiger partial charge on any atom is -0.391 e. The molecule has 2 rings (SSSR count). The summed E-state index contributed by atoms with van der Waals surface area (Å²) in [6, 6.07) is -0.329. The molecule has 7 heteroatoms. The average molecular weight is 334 g/mol. The first kappa shape index (κ1) is 19.2. The van der Waals surface area contributed by atoms with E-state index < -0.39 is 6.10 Å². The Bertz CT molecular complexity index is 381. The molecule has 22 heavy (non-hydrogen) atoms. The van der Waals surface area contributed by atoms with Crippen LogP contribution in [0.5, 0.6) is 0 Å².